The lowest BCUT2D eigenvalue weighted by Gasteiger charge is -2.44. The van der Waals surface area contributed by atoms with Crippen LogP contribution in [-0.2, 0) is 5.41 Å². The maximum absolute atomic E-state index is 6.53. The van der Waals surface area contributed by atoms with Crippen molar-refractivity contribution in [2.45, 2.75) is 38.3 Å². The van der Waals surface area contributed by atoms with Gasteiger partial charge in [0.2, 0.25) is 0 Å². The van der Waals surface area contributed by atoms with Gasteiger partial charge in [-0.25, -0.2) is 0 Å². The lowest BCUT2D eigenvalue weighted by molar-refractivity contribution is 0.322. The summed E-state index contributed by atoms with van der Waals surface area (Å²) in [6.45, 7) is 4.84. The van der Waals surface area contributed by atoms with Crippen LogP contribution in [0.2, 0.25) is 0 Å². The second-order valence-electron chi connectivity index (χ2n) is 9.30. The van der Waals surface area contributed by atoms with Crippen molar-refractivity contribution in [1.29, 1.82) is 0 Å². The molecule has 4 aromatic rings. The topological polar surface area (TPSA) is 19.6 Å². The summed E-state index contributed by atoms with van der Waals surface area (Å²) in [5.41, 5.74) is 7.83. The summed E-state index contributed by atoms with van der Waals surface area (Å²) in [7, 11) is 2.27. The van der Waals surface area contributed by atoms with Crippen LogP contribution in [0.1, 0.15) is 32.3 Å². The van der Waals surface area contributed by atoms with E-state index in [4.69, 9.17) is 4.42 Å². The van der Waals surface area contributed by atoms with Gasteiger partial charge in [-0.05, 0) is 36.6 Å². The van der Waals surface area contributed by atoms with Crippen molar-refractivity contribution in [2.24, 2.45) is 5.41 Å². The fourth-order valence-electron chi connectivity index (χ4n) is 6.75. The lowest BCUT2D eigenvalue weighted by Crippen LogP contribution is -2.51. The van der Waals surface area contributed by atoms with Gasteiger partial charge in [-0.2, -0.15) is 0 Å². The molecule has 0 bridgehead atoms. The van der Waals surface area contributed by atoms with E-state index in [-0.39, 0.29) is 10.8 Å². The van der Waals surface area contributed by atoms with Gasteiger partial charge in [0.25, 0.3) is 0 Å². The number of fused-ring (bicyclic) bond motifs is 12. The van der Waals surface area contributed by atoms with Crippen LogP contribution in [-0.4, -0.2) is 13.2 Å². The fraction of sp³-hybridized carbons (Fsp3) is 0.308. The smallest absolute Gasteiger partial charge is 0.159 e. The van der Waals surface area contributed by atoms with Gasteiger partial charge in [-0.15, -0.1) is 0 Å². The summed E-state index contributed by atoms with van der Waals surface area (Å²) in [6.07, 6.45) is 2.75. The first-order chi connectivity index (χ1) is 14.1. The Morgan fingerprint density at radius 3 is 2.55 bits per heavy atom. The van der Waals surface area contributed by atoms with Gasteiger partial charge in [-0.3, -0.25) is 0 Å². The Balaban J connectivity index is 1.64. The Labute approximate surface area is 170 Å². The number of para-hydroxylation sites is 3. The van der Waals surface area contributed by atoms with Gasteiger partial charge in [-0.1, -0.05) is 56.3 Å². The normalized spacial score (nSPS) is 29.0. The molecule has 7 rings (SSSR count). The fourth-order valence-corrected chi connectivity index (χ4v) is 6.75. The monoisotopic (exact) mass is 380 g/mol. The minimum Gasteiger partial charge on any atom is -0.454 e. The third kappa shape index (κ3) is 1.57. The van der Waals surface area contributed by atoms with E-state index in [1.165, 1.54) is 46.2 Å². The van der Waals surface area contributed by atoms with Gasteiger partial charge < -0.3 is 14.2 Å². The van der Waals surface area contributed by atoms with E-state index in [0.717, 1.165) is 11.2 Å². The molecule has 1 fully saturated rings. The van der Waals surface area contributed by atoms with Gasteiger partial charge in [0, 0.05) is 28.7 Å². The van der Waals surface area contributed by atoms with Crippen molar-refractivity contribution in [3.05, 3.63) is 66.2 Å². The highest BCUT2D eigenvalue weighted by Gasteiger charge is 2.74. The highest BCUT2D eigenvalue weighted by molar-refractivity contribution is 6.11. The second kappa shape index (κ2) is 4.79. The maximum atomic E-state index is 6.53. The highest BCUT2D eigenvalue weighted by atomic mass is 16.3. The van der Waals surface area contributed by atoms with Crippen LogP contribution in [0, 0.1) is 5.41 Å². The molecule has 0 saturated heterocycles. The zero-order valence-electron chi connectivity index (χ0n) is 17.1. The summed E-state index contributed by atoms with van der Waals surface area (Å²) in [5.74, 6) is 0. The Bertz CT molecular complexity index is 1340. The molecule has 1 aliphatic carbocycles. The maximum Gasteiger partial charge on any atom is 0.159 e. The Morgan fingerprint density at radius 2 is 1.72 bits per heavy atom. The van der Waals surface area contributed by atoms with Crippen LogP contribution in [0.15, 0.2) is 65.1 Å². The Morgan fingerprint density at radius 1 is 0.966 bits per heavy atom. The summed E-state index contributed by atoms with van der Waals surface area (Å²) >= 11 is 0. The summed E-state index contributed by atoms with van der Waals surface area (Å²) < 4.78 is 6.53. The molecule has 2 aliphatic heterocycles. The molecule has 144 valence electrons. The van der Waals surface area contributed by atoms with Crippen molar-refractivity contribution in [1.82, 2.24) is 0 Å². The van der Waals surface area contributed by atoms with Crippen LogP contribution in [0.4, 0.5) is 17.1 Å². The molecule has 3 aromatic carbocycles. The zero-order chi connectivity index (χ0) is 19.5. The predicted octanol–water partition coefficient (Wildman–Crippen LogP) is 6.57. The number of hydrogen-bond acceptors (Lipinski definition) is 3. The number of furan rings is 1. The van der Waals surface area contributed by atoms with Crippen LogP contribution < -0.4 is 9.80 Å². The standard InChI is InChI=1S/C26H24N2O/c1-4-26-15-25(26,2)18-14-13-17-16-9-5-8-12-21(16)29-23(17)22(18)28-20-11-7-6-10-19(20)27(3)24(26)28/h5-14,24H,4,15H2,1-3H3. The van der Waals surface area contributed by atoms with Gasteiger partial charge in [0.05, 0.1) is 17.1 Å². The lowest BCUT2D eigenvalue weighted by atomic mass is 9.78. The SMILES string of the molecule is CCC12CC1(C)c1ccc3c(oc4ccccc43)c1N1c3ccccc3N(C)C12. The third-order valence-corrected chi connectivity index (χ3v) is 8.26. The van der Waals surface area contributed by atoms with Crippen LogP contribution in [0.3, 0.4) is 0 Å². The first-order valence-electron chi connectivity index (χ1n) is 10.7. The molecule has 1 aromatic heterocycles. The molecule has 0 spiro atoms. The van der Waals surface area contributed by atoms with Gasteiger partial charge >= 0.3 is 0 Å². The first kappa shape index (κ1) is 15.9. The van der Waals surface area contributed by atoms with Crippen LogP contribution >= 0.6 is 0 Å². The number of anilines is 3. The summed E-state index contributed by atoms with van der Waals surface area (Å²) in [4.78, 5) is 5.10. The third-order valence-electron chi connectivity index (χ3n) is 8.26. The molecular formula is C26H24N2O. The van der Waals surface area contributed by atoms with Crippen molar-refractivity contribution >= 4 is 39.0 Å². The largest absolute Gasteiger partial charge is 0.454 e. The highest BCUT2D eigenvalue weighted by Crippen LogP contribution is 2.76. The molecule has 3 aliphatic rings. The predicted molar refractivity (Wildman–Crippen MR) is 119 cm³/mol. The van der Waals surface area contributed by atoms with Gasteiger partial charge in [0.1, 0.15) is 11.7 Å². The molecule has 0 amide bonds. The average molecular weight is 380 g/mol. The van der Waals surface area contributed by atoms with E-state index in [1.807, 2.05) is 0 Å². The van der Waals surface area contributed by atoms with E-state index >= 15 is 0 Å². The van der Waals surface area contributed by atoms with Crippen molar-refractivity contribution in [3.63, 3.8) is 0 Å². The minimum absolute atomic E-state index is 0.196. The van der Waals surface area contributed by atoms with E-state index in [2.05, 4.69) is 91.4 Å². The quantitative estimate of drug-likeness (QED) is 0.372. The van der Waals surface area contributed by atoms with Crippen LogP contribution in [0.25, 0.3) is 21.9 Å². The van der Waals surface area contributed by atoms with E-state index in [9.17, 15) is 0 Å². The van der Waals surface area contributed by atoms with E-state index in [1.54, 1.807) is 0 Å². The van der Waals surface area contributed by atoms with Crippen molar-refractivity contribution in [3.8, 4) is 0 Å². The molecule has 3 heterocycles. The second-order valence-corrected chi connectivity index (χ2v) is 9.30. The number of rotatable bonds is 1. The molecule has 3 nitrogen and oxygen atoms in total. The molecule has 3 atom stereocenters. The van der Waals surface area contributed by atoms with E-state index < -0.39 is 0 Å². The summed E-state index contributed by atoms with van der Waals surface area (Å²) in [5, 5.41) is 2.43. The van der Waals surface area contributed by atoms with Gasteiger partial charge in [0.15, 0.2) is 5.58 Å². The van der Waals surface area contributed by atoms with Crippen molar-refractivity contribution < 1.29 is 4.42 Å². The Hall–Kier alpha value is -2.94. The number of benzene rings is 3. The Kier molecular flexibility index (Phi) is 2.63. The molecule has 0 radical (unpaired) electrons. The minimum atomic E-state index is 0.196. The number of hydrogen-bond donors (Lipinski definition) is 0. The molecular weight excluding hydrogens is 356 g/mol. The molecule has 29 heavy (non-hydrogen) atoms. The molecule has 3 unspecified atom stereocenters. The number of nitrogens with zero attached hydrogens (tertiary/aromatic N) is 2. The average Bonchev–Trinajstić information content (AvgIpc) is 3.07. The molecule has 0 N–H and O–H groups in total. The first-order valence-corrected chi connectivity index (χ1v) is 10.7. The van der Waals surface area contributed by atoms with E-state index in [0.29, 0.717) is 6.17 Å². The molecule has 1 saturated carbocycles. The molecule has 3 heteroatoms. The zero-order valence-corrected chi connectivity index (χ0v) is 17.1. The van der Waals surface area contributed by atoms with Crippen LogP contribution in [0.5, 0.6) is 0 Å². The summed E-state index contributed by atoms with van der Waals surface area (Å²) in [6, 6.07) is 21.9. The van der Waals surface area contributed by atoms with Crippen molar-refractivity contribution in [2.75, 3.05) is 16.8 Å².